The van der Waals surface area contributed by atoms with Gasteiger partial charge in [0.15, 0.2) is 0 Å². The van der Waals surface area contributed by atoms with Crippen LogP contribution in [0.4, 0.5) is 4.39 Å². The Balaban J connectivity index is 1.96. The van der Waals surface area contributed by atoms with Gasteiger partial charge in [0.1, 0.15) is 11.6 Å². The van der Waals surface area contributed by atoms with Gasteiger partial charge in [-0.15, -0.1) is 0 Å². The SMILES string of the molecule is NNC(c1ccc(F)cc1)C1CCOc2ccccc21. The Labute approximate surface area is 117 Å². The largest absolute Gasteiger partial charge is 0.493 e. The van der Waals surface area contributed by atoms with E-state index in [1.54, 1.807) is 12.1 Å². The lowest BCUT2D eigenvalue weighted by Gasteiger charge is -2.32. The Kier molecular flexibility index (Phi) is 3.67. The first-order valence-corrected chi connectivity index (χ1v) is 6.73. The number of benzene rings is 2. The van der Waals surface area contributed by atoms with Crippen LogP contribution in [0.1, 0.15) is 29.5 Å². The topological polar surface area (TPSA) is 47.3 Å². The van der Waals surface area contributed by atoms with Crippen LogP contribution in [0.5, 0.6) is 5.75 Å². The van der Waals surface area contributed by atoms with Gasteiger partial charge in [-0.25, -0.2) is 4.39 Å². The van der Waals surface area contributed by atoms with Crippen molar-refractivity contribution in [2.45, 2.75) is 18.4 Å². The average Bonchev–Trinajstić information content (AvgIpc) is 2.50. The third-order valence-corrected chi connectivity index (χ3v) is 3.82. The van der Waals surface area contributed by atoms with Crippen molar-refractivity contribution in [1.29, 1.82) is 0 Å². The van der Waals surface area contributed by atoms with Crippen LogP contribution < -0.4 is 16.0 Å². The summed E-state index contributed by atoms with van der Waals surface area (Å²) in [7, 11) is 0. The van der Waals surface area contributed by atoms with E-state index in [4.69, 9.17) is 10.6 Å². The number of hydrazine groups is 1. The van der Waals surface area contributed by atoms with Crippen LogP contribution in [0, 0.1) is 5.82 Å². The lowest BCUT2D eigenvalue weighted by Crippen LogP contribution is -2.34. The predicted octanol–water partition coefficient (Wildman–Crippen LogP) is 2.90. The highest BCUT2D eigenvalue weighted by Crippen LogP contribution is 2.40. The summed E-state index contributed by atoms with van der Waals surface area (Å²) in [5.74, 6) is 6.63. The summed E-state index contributed by atoms with van der Waals surface area (Å²) in [6.45, 7) is 0.668. The molecule has 1 aliphatic rings. The number of ether oxygens (including phenoxy) is 1. The maximum absolute atomic E-state index is 13.1. The number of para-hydroxylation sites is 1. The summed E-state index contributed by atoms with van der Waals surface area (Å²) in [6.07, 6.45) is 0.878. The number of fused-ring (bicyclic) bond motifs is 1. The van der Waals surface area contributed by atoms with Crippen LogP contribution in [-0.2, 0) is 0 Å². The van der Waals surface area contributed by atoms with E-state index in [0.717, 1.165) is 23.3 Å². The van der Waals surface area contributed by atoms with Crippen molar-refractivity contribution in [3.8, 4) is 5.75 Å². The van der Waals surface area contributed by atoms with Gasteiger partial charge in [0, 0.05) is 5.92 Å². The minimum Gasteiger partial charge on any atom is -0.493 e. The number of nitrogens with one attached hydrogen (secondary N) is 1. The zero-order valence-corrected chi connectivity index (χ0v) is 11.1. The van der Waals surface area contributed by atoms with Crippen molar-refractivity contribution in [2.75, 3.05) is 6.61 Å². The van der Waals surface area contributed by atoms with Crippen LogP contribution >= 0.6 is 0 Å². The molecule has 1 aliphatic heterocycles. The van der Waals surface area contributed by atoms with Crippen LogP contribution in [0.2, 0.25) is 0 Å². The second kappa shape index (κ2) is 5.61. The van der Waals surface area contributed by atoms with E-state index < -0.39 is 0 Å². The molecule has 0 bridgehead atoms. The summed E-state index contributed by atoms with van der Waals surface area (Å²) >= 11 is 0. The molecular weight excluding hydrogens is 255 g/mol. The summed E-state index contributed by atoms with van der Waals surface area (Å²) in [5.41, 5.74) is 5.00. The normalized spacial score (nSPS) is 19.0. The quantitative estimate of drug-likeness (QED) is 0.667. The zero-order valence-electron chi connectivity index (χ0n) is 11.1. The van der Waals surface area contributed by atoms with Gasteiger partial charge in [0.05, 0.1) is 12.6 Å². The molecule has 0 saturated heterocycles. The van der Waals surface area contributed by atoms with E-state index in [-0.39, 0.29) is 17.8 Å². The number of halogens is 1. The van der Waals surface area contributed by atoms with Crippen LogP contribution in [0.3, 0.4) is 0 Å². The zero-order chi connectivity index (χ0) is 13.9. The molecule has 2 aromatic carbocycles. The molecule has 20 heavy (non-hydrogen) atoms. The van der Waals surface area contributed by atoms with E-state index in [9.17, 15) is 4.39 Å². The Bertz CT molecular complexity index is 585. The molecule has 0 aromatic heterocycles. The van der Waals surface area contributed by atoms with E-state index in [1.807, 2.05) is 18.2 Å². The lowest BCUT2D eigenvalue weighted by atomic mass is 9.83. The molecule has 0 saturated carbocycles. The molecule has 2 atom stereocenters. The van der Waals surface area contributed by atoms with Gasteiger partial charge in [-0.2, -0.15) is 0 Å². The molecular formula is C16H17FN2O. The average molecular weight is 272 g/mol. The highest BCUT2D eigenvalue weighted by Gasteiger charge is 2.29. The highest BCUT2D eigenvalue weighted by molar-refractivity contribution is 5.40. The molecule has 0 aliphatic carbocycles. The number of hydrogen-bond donors (Lipinski definition) is 2. The Morgan fingerprint density at radius 2 is 1.90 bits per heavy atom. The molecule has 1 heterocycles. The van der Waals surface area contributed by atoms with Gasteiger partial charge < -0.3 is 4.74 Å². The Morgan fingerprint density at radius 3 is 2.65 bits per heavy atom. The van der Waals surface area contributed by atoms with E-state index in [0.29, 0.717) is 6.61 Å². The molecule has 2 unspecified atom stereocenters. The number of hydrogen-bond acceptors (Lipinski definition) is 3. The molecule has 0 radical (unpaired) electrons. The van der Waals surface area contributed by atoms with E-state index in [2.05, 4.69) is 11.5 Å². The first-order valence-electron chi connectivity index (χ1n) is 6.73. The third kappa shape index (κ3) is 2.40. The summed E-state index contributed by atoms with van der Waals surface area (Å²) in [5, 5.41) is 0. The molecule has 3 rings (SSSR count). The second-order valence-electron chi connectivity index (χ2n) is 4.98. The fourth-order valence-electron chi connectivity index (χ4n) is 2.83. The van der Waals surface area contributed by atoms with Gasteiger partial charge in [-0.1, -0.05) is 30.3 Å². The minimum absolute atomic E-state index is 0.0550. The number of rotatable bonds is 3. The molecule has 0 fully saturated rings. The summed E-state index contributed by atoms with van der Waals surface area (Å²) in [6, 6.07) is 14.4. The Hall–Kier alpha value is -1.91. The monoisotopic (exact) mass is 272 g/mol. The molecule has 3 N–H and O–H groups in total. The van der Waals surface area contributed by atoms with Gasteiger partial charge >= 0.3 is 0 Å². The molecule has 104 valence electrons. The first kappa shape index (κ1) is 13.1. The van der Waals surface area contributed by atoms with E-state index >= 15 is 0 Å². The first-order chi connectivity index (χ1) is 9.79. The van der Waals surface area contributed by atoms with Crippen molar-refractivity contribution >= 4 is 0 Å². The van der Waals surface area contributed by atoms with Gasteiger partial charge in [0.25, 0.3) is 0 Å². The highest BCUT2D eigenvalue weighted by atomic mass is 19.1. The predicted molar refractivity (Wildman–Crippen MR) is 75.8 cm³/mol. The summed E-state index contributed by atoms with van der Waals surface area (Å²) < 4.78 is 18.7. The fraction of sp³-hybridized carbons (Fsp3) is 0.250. The maximum atomic E-state index is 13.1. The van der Waals surface area contributed by atoms with Crippen LogP contribution in [0.15, 0.2) is 48.5 Å². The standard InChI is InChI=1S/C16H17FN2O/c17-12-7-5-11(6-8-12)16(19-18)14-9-10-20-15-4-2-1-3-13(14)15/h1-8,14,16,19H,9-10,18H2. The molecule has 2 aromatic rings. The minimum atomic E-state index is -0.239. The second-order valence-corrected chi connectivity index (χ2v) is 4.98. The van der Waals surface area contributed by atoms with Gasteiger partial charge in [-0.3, -0.25) is 11.3 Å². The molecule has 4 heteroatoms. The van der Waals surface area contributed by atoms with Crippen molar-refractivity contribution in [3.05, 3.63) is 65.5 Å². The van der Waals surface area contributed by atoms with Crippen molar-refractivity contribution in [2.24, 2.45) is 5.84 Å². The smallest absolute Gasteiger partial charge is 0.123 e. The van der Waals surface area contributed by atoms with Crippen LogP contribution in [0.25, 0.3) is 0 Å². The molecule has 3 nitrogen and oxygen atoms in total. The Morgan fingerprint density at radius 1 is 1.15 bits per heavy atom. The van der Waals surface area contributed by atoms with Gasteiger partial charge in [-0.05, 0) is 35.7 Å². The van der Waals surface area contributed by atoms with Crippen LogP contribution in [-0.4, -0.2) is 6.61 Å². The van der Waals surface area contributed by atoms with Crippen molar-refractivity contribution in [3.63, 3.8) is 0 Å². The number of nitrogens with two attached hydrogens (primary N) is 1. The van der Waals surface area contributed by atoms with Crippen molar-refractivity contribution in [1.82, 2.24) is 5.43 Å². The molecule has 0 amide bonds. The van der Waals surface area contributed by atoms with Crippen molar-refractivity contribution < 1.29 is 9.13 Å². The third-order valence-electron chi connectivity index (χ3n) is 3.82. The fourth-order valence-corrected chi connectivity index (χ4v) is 2.83. The van der Waals surface area contributed by atoms with Gasteiger partial charge in [0.2, 0.25) is 0 Å². The summed E-state index contributed by atoms with van der Waals surface area (Å²) in [4.78, 5) is 0. The lowest BCUT2D eigenvalue weighted by molar-refractivity contribution is 0.246. The van der Waals surface area contributed by atoms with E-state index in [1.165, 1.54) is 12.1 Å². The maximum Gasteiger partial charge on any atom is 0.123 e. The molecule has 0 spiro atoms.